The highest BCUT2D eigenvalue weighted by molar-refractivity contribution is 9.10. The first-order chi connectivity index (χ1) is 11.2. The Bertz CT molecular complexity index is 672. The molecule has 2 aliphatic rings. The Kier molecular flexibility index (Phi) is 4.36. The lowest BCUT2D eigenvalue weighted by atomic mass is 9.82. The van der Waals surface area contributed by atoms with Crippen molar-refractivity contribution < 1.29 is 19.1 Å². The largest absolute Gasteiger partial charge is 0.486 e. The van der Waals surface area contributed by atoms with Crippen molar-refractivity contribution in [2.24, 2.45) is 0 Å². The molecule has 0 bridgehead atoms. The summed E-state index contributed by atoms with van der Waals surface area (Å²) in [5.74, 6) is 0.737. The van der Waals surface area contributed by atoms with Crippen molar-refractivity contribution in [3.8, 4) is 5.75 Å². The number of nitrogens with zero attached hydrogens (tertiary/aromatic N) is 1. The molecule has 0 unspecified atom stereocenters. The molecule has 130 valence electrons. The molecule has 0 N–H and O–H groups in total. The van der Waals surface area contributed by atoms with Gasteiger partial charge in [-0.1, -0.05) is 15.9 Å². The van der Waals surface area contributed by atoms with Crippen LogP contribution < -0.4 is 4.74 Å². The first-order valence-electron chi connectivity index (χ1n) is 8.17. The predicted molar refractivity (Wildman–Crippen MR) is 93.5 cm³/mol. The van der Waals surface area contributed by atoms with Crippen molar-refractivity contribution in [3.63, 3.8) is 0 Å². The SMILES string of the molecule is CC(C)(C)OC(=O)N1CCC2(CC1)CC(=O)c1ccc(Br)cc1O2. The van der Waals surface area contributed by atoms with Gasteiger partial charge in [-0.3, -0.25) is 4.79 Å². The van der Waals surface area contributed by atoms with Crippen LogP contribution in [-0.2, 0) is 4.74 Å². The molecule has 5 nitrogen and oxygen atoms in total. The lowest BCUT2D eigenvalue weighted by molar-refractivity contribution is -0.0226. The third kappa shape index (κ3) is 3.58. The van der Waals surface area contributed by atoms with Crippen LogP contribution in [0.1, 0.15) is 50.4 Å². The van der Waals surface area contributed by atoms with Crippen LogP contribution in [0.2, 0.25) is 0 Å². The highest BCUT2D eigenvalue weighted by Gasteiger charge is 2.44. The van der Waals surface area contributed by atoms with E-state index in [1.165, 1.54) is 0 Å². The number of ether oxygens (including phenoxy) is 2. The first kappa shape index (κ1) is 17.3. The number of hydrogen-bond acceptors (Lipinski definition) is 4. The zero-order chi connectivity index (χ0) is 17.5. The number of carbonyl (C=O) groups excluding carboxylic acids is 2. The molecule has 0 radical (unpaired) electrons. The van der Waals surface area contributed by atoms with Gasteiger partial charge in [0.25, 0.3) is 0 Å². The highest BCUT2D eigenvalue weighted by Crippen LogP contribution is 2.40. The van der Waals surface area contributed by atoms with E-state index in [9.17, 15) is 9.59 Å². The zero-order valence-corrected chi connectivity index (χ0v) is 15.8. The Balaban J connectivity index is 1.70. The number of Topliss-reactive ketones (excluding diaryl/α,β-unsaturated/α-hetero) is 1. The first-order valence-corrected chi connectivity index (χ1v) is 8.97. The molecule has 1 saturated heterocycles. The standard InChI is InChI=1S/C18H22BrNO4/c1-17(2,3)24-16(22)20-8-6-18(7-9-20)11-14(21)13-5-4-12(19)10-15(13)23-18/h4-5,10H,6-9,11H2,1-3H3. The molecule has 0 atom stereocenters. The van der Waals surface area contributed by atoms with Crippen LogP contribution in [0, 0.1) is 0 Å². The number of ketones is 1. The van der Waals surface area contributed by atoms with Crippen LogP contribution >= 0.6 is 15.9 Å². The number of amides is 1. The average Bonchev–Trinajstić information content (AvgIpc) is 2.45. The van der Waals surface area contributed by atoms with Crippen LogP contribution in [0.5, 0.6) is 5.75 Å². The molecule has 1 aromatic carbocycles. The van der Waals surface area contributed by atoms with Gasteiger partial charge in [-0.15, -0.1) is 0 Å². The second-order valence-corrected chi connectivity index (χ2v) is 8.41. The van der Waals surface area contributed by atoms with Crippen molar-refractivity contribution in [3.05, 3.63) is 28.2 Å². The zero-order valence-electron chi connectivity index (χ0n) is 14.2. The lowest BCUT2D eigenvalue weighted by Gasteiger charge is -2.44. The second-order valence-electron chi connectivity index (χ2n) is 7.49. The van der Waals surface area contributed by atoms with Crippen molar-refractivity contribution in [1.82, 2.24) is 4.90 Å². The fraction of sp³-hybridized carbons (Fsp3) is 0.556. The smallest absolute Gasteiger partial charge is 0.410 e. The summed E-state index contributed by atoms with van der Waals surface area (Å²) in [6, 6.07) is 5.49. The van der Waals surface area contributed by atoms with Crippen LogP contribution in [0.4, 0.5) is 4.79 Å². The van der Waals surface area contributed by atoms with E-state index in [2.05, 4.69) is 15.9 Å². The van der Waals surface area contributed by atoms with Gasteiger partial charge in [-0.2, -0.15) is 0 Å². The van der Waals surface area contributed by atoms with Gasteiger partial charge in [0, 0.05) is 30.4 Å². The van der Waals surface area contributed by atoms with E-state index in [-0.39, 0.29) is 11.9 Å². The number of halogens is 1. The number of piperidine rings is 1. The summed E-state index contributed by atoms with van der Waals surface area (Å²) in [5, 5.41) is 0. The minimum atomic E-state index is -0.511. The van der Waals surface area contributed by atoms with Crippen LogP contribution in [0.15, 0.2) is 22.7 Å². The van der Waals surface area contributed by atoms with E-state index < -0.39 is 11.2 Å². The monoisotopic (exact) mass is 395 g/mol. The van der Waals surface area contributed by atoms with Crippen molar-refractivity contribution in [1.29, 1.82) is 0 Å². The van der Waals surface area contributed by atoms with Gasteiger partial charge in [0.1, 0.15) is 17.0 Å². The average molecular weight is 396 g/mol. The Morgan fingerprint density at radius 2 is 1.96 bits per heavy atom. The molecular formula is C18H22BrNO4. The second kappa shape index (κ2) is 6.06. The van der Waals surface area contributed by atoms with E-state index in [1.54, 1.807) is 11.0 Å². The molecule has 24 heavy (non-hydrogen) atoms. The maximum absolute atomic E-state index is 12.5. The number of carbonyl (C=O) groups is 2. The number of benzene rings is 1. The predicted octanol–water partition coefficient (Wildman–Crippen LogP) is 4.18. The molecule has 1 aromatic rings. The topological polar surface area (TPSA) is 55.8 Å². The molecule has 0 aromatic heterocycles. The Hall–Kier alpha value is -1.56. The molecular weight excluding hydrogens is 374 g/mol. The van der Waals surface area contributed by atoms with E-state index in [1.807, 2.05) is 32.9 Å². The molecule has 1 amide bonds. The molecule has 0 saturated carbocycles. The summed E-state index contributed by atoms with van der Waals surface area (Å²) in [4.78, 5) is 26.4. The summed E-state index contributed by atoms with van der Waals surface area (Å²) in [6.07, 6.45) is 1.32. The number of rotatable bonds is 0. The van der Waals surface area contributed by atoms with E-state index in [4.69, 9.17) is 9.47 Å². The van der Waals surface area contributed by atoms with Crippen LogP contribution in [0.3, 0.4) is 0 Å². The normalized spacial score (nSPS) is 19.7. The number of likely N-dealkylation sites (tertiary alicyclic amines) is 1. The lowest BCUT2D eigenvalue weighted by Crippen LogP contribution is -2.52. The summed E-state index contributed by atoms with van der Waals surface area (Å²) in [5.41, 5.74) is -0.378. The summed E-state index contributed by atoms with van der Waals surface area (Å²) >= 11 is 3.42. The molecule has 2 aliphatic heterocycles. The summed E-state index contributed by atoms with van der Waals surface area (Å²) in [6.45, 7) is 6.63. The van der Waals surface area contributed by atoms with Gasteiger partial charge in [0.15, 0.2) is 5.78 Å². The molecule has 3 rings (SSSR count). The van der Waals surface area contributed by atoms with Gasteiger partial charge in [-0.05, 0) is 39.0 Å². The quantitative estimate of drug-likeness (QED) is 0.660. The van der Waals surface area contributed by atoms with Gasteiger partial charge >= 0.3 is 6.09 Å². The molecule has 6 heteroatoms. The Labute approximate surface area is 150 Å². The maximum atomic E-state index is 12.5. The fourth-order valence-corrected chi connectivity index (χ4v) is 3.51. The van der Waals surface area contributed by atoms with Crippen molar-refractivity contribution >= 4 is 27.8 Å². The van der Waals surface area contributed by atoms with E-state index >= 15 is 0 Å². The Morgan fingerprint density at radius 1 is 1.29 bits per heavy atom. The maximum Gasteiger partial charge on any atom is 0.410 e. The number of fused-ring (bicyclic) bond motifs is 1. The van der Waals surface area contributed by atoms with E-state index in [0.717, 1.165) is 4.47 Å². The van der Waals surface area contributed by atoms with Crippen molar-refractivity contribution in [2.45, 2.75) is 51.2 Å². The van der Waals surface area contributed by atoms with Gasteiger partial charge in [0.05, 0.1) is 12.0 Å². The molecule has 0 aliphatic carbocycles. The van der Waals surface area contributed by atoms with Crippen LogP contribution in [-0.4, -0.2) is 41.1 Å². The summed E-state index contributed by atoms with van der Waals surface area (Å²) in [7, 11) is 0. The Morgan fingerprint density at radius 3 is 2.58 bits per heavy atom. The molecule has 2 heterocycles. The van der Waals surface area contributed by atoms with Gasteiger partial charge in [0.2, 0.25) is 0 Å². The molecule has 1 fully saturated rings. The van der Waals surface area contributed by atoms with Crippen molar-refractivity contribution in [2.75, 3.05) is 13.1 Å². The number of hydrogen-bond donors (Lipinski definition) is 0. The fourth-order valence-electron chi connectivity index (χ4n) is 3.17. The third-order valence-corrected chi connectivity index (χ3v) is 4.87. The van der Waals surface area contributed by atoms with E-state index in [0.29, 0.717) is 43.7 Å². The minimum absolute atomic E-state index is 0.106. The molecule has 1 spiro atoms. The summed E-state index contributed by atoms with van der Waals surface area (Å²) < 4.78 is 12.5. The van der Waals surface area contributed by atoms with Crippen LogP contribution in [0.25, 0.3) is 0 Å². The third-order valence-electron chi connectivity index (χ3n) is 4.38. The minimum Gasteiger partial charge on any atom is -0.486 e. The van der Waals surface area contributed by atoms with Gasteiger partial charge in [-0.25, -0.2) is 4.79 Å². The van der Waals surface area contributed by atoms with Gasteiger partial charge < -0.3 is 14.4 Å². The highest BCUT2D eigenvalue weighted by atomic mass is 79.9.